The van der Waals surface area contributed by atoms with E-state index in [-0.39, 0.29) is 5.91 Å². The third kappa shape index (κ3) is 3.21. The normalized spacial score (nSPS) is 10.4. The van der Waals surface area contributed by atoms with Crippen molar-refractivity contribution >= 4 is 5.91 Å². The van der Waals surface area contributed by atoms with E-state index >= 15 is 0 Å². The predicted molar refractivity (Wildman–Crippen MR) is 84.7 cm³/mol. The second kappa shape index (κ2) is 6.39. The fourth-order valence-corrected chi connectivity index (χ4v) is 2.27. The molecule has 0 aliphatic heterocycles. The average Bonchev–Trinajstić information content (AvgIpc) is 2.86. The van der Waals surface area contributed by atoms with Crippen molar-refractivity contribution in [3.8, 4) is 5.69 Å². The van der Waals surface area contributed by atoms with Gasteiger partial charge in [0.05, 0.1) is 23.1 Å². The quantitative estimate of drug-likeness (QED) is 0.790. The van der Waals surface area contributed by atoms with E-state index in [0.29, 0.717) is 18.7 Å². The Kier molecular flexibility index (Phi) is 4.58. The van der Waals surface area contributed by atoms with E-state index in [1.165, 1.54) is 0 Å². The fraction of sp³-hybridized carbons (Fsp3) is 0.294. The summed E-state index contributed by atoms with van der Waals surface area (Å²) in [4.78, 5) is 14.4. The minimum Gasteiger partial charge on any atom is -0.335 e. The Morgan fingerprint density at radius 2 is 2.00 bits per heavy atom. The SMILES string of the molecule is C=C(C)CN(CC)C(=O)c1cnn(-c2ccccc2)c1C. The van der Waals surface area contributed by atoms with Crippen molar-refractivity contribution in [2.75, 3.05) is 13.1 Å². The smallest absolute Gasteiger partial charge is 0.257 e. The topological polar surface area (TPSA) is 38.1 Å². The molecule has 110 valence electrons. The largest absolute Gasteiger partial charge is 0.335 e. The molecule has 1 aromatic carbocycles. The first-order valence-corrected chi connectivity index (χ1v) is 7.08. The summed E-state index contributed by atoms with van der Waals surface area (Å²) in [5, 5.41) is 4.35. The van der Waals surface area contributed by atoms with Gasteiger partial charge in [0, 0.05) is 13.1 Å². The molecule has 2 aromatic rings. The number of hydrogen-bond acceptors (Lipinski definition) is 2. The first-order chi connectivity index (χ1) is 10.0. The van der Waals surface area contributed by atoms with Crippen molar-refractivity contribution in [3.63, 3.8) is 0 Å². The molecule has 4 nitrogen and oxygen atoms in total. The lowest BCUT2D eigenvalue weighted by Crippen LogP contribution is -2.32. The number of benzene rings is 1. The van der Waals surface area contributed by atoms with Crippen LogP contribution in [0.25, 0.3) is 5.69 Å². The van der Waals surface area contributed by atoms with E-state index in [4.69, 9.17) is 0 Å². The van der Waals surface area contributed by atoms with Crippen molar-refractivity contribution in [1.29, 1.82) is 0 Å². The molecule has 0 unspecified atom stereocenters. The van der Waals surface area contributed by atoms with E-state index in [2.05, 4.69) is 11.7 Å². The van der Waals surface area contributed by atoms with Crippen molar-refractivity contribution < 1.29 is 4.79 Å². The summed E-state index contributed by atoms with van der Waals surface area (Å²) in [5.41, 5.74) is 3.42. The average molecular weight is 283 g/mol. The lowest BCUT2D eigenvalue weighted by Gasteiger charge is -2.20. The summed E-state index contributed by atoms with van der Waals surface area (Å²) in [6.07, 6.45) is 1.64. The van der Waals surface area contributed by atoms with Crippen LogP contribution in [0.3, 0.4) is 0 Å². The van der Waals surface area contributed by atoms with E-state index in [0.717, 1.165) is 17.0 Å². The Hall–Kier alpha value is -2.36. The van der Waals surface area contributed by atoms with Gasteiger partial charge < -0.3 is 4.90 Å². The number of aromatic nitrogens is 2. The zero-order valence-corrected chi connectivity index (χ0v) is 12.8. The van der Waals surface area contributed by atoms with Gasteiger partial charge in [-0.3, -0.25) is 4.79 Å². The third-order valence-electron chi connectivity index (χ3n) is 3.37. The summed E-state index contributed by atoms with van der Waals surface area (Å²) in [5.74, 6) is 0.000168. The summed E-state index contributed by atoms with van der Waals surface area (Å²) in [7, 11) is 0. The zero-order valence-electron chi connectivity index (χ0n) is 12.8. The van der Waals surface area contributed by atoms with Crippen LogP contribution in [-0.4, -0.2) is 33.7 Å². The lowest BCUT2D eigenvalue weighted by molar-refractivity contribution is 0.0777. The second-order valence-corrected chi connectivity index (χ2v) is 5.17. The van der Waals surface area contributed by atoms with Gasteiger partial charge in [-0.1, -0.05) is 30.4 Å². The minimum atomic E-state index is 0.000168. The van der Waals surface area contributed by atoms with Crippen LogP contribution in [0.4, 0.5) is 0 Å². The van der Waals surface area contributed by atoms with Gasteiger partial charge in [0.25, 0.3) is 5.91 Å². The first kappa shape index (κ1) is 15.0. The fourth-order valence-electron chi connectivity index (χ4n) is 2.27. The third-order valence-corrected chi connectivity index (χ3v) is 3.37. The van der Waals surface area contributed by atoms with Crippen LogP contribution in [0.15, 0.2) is 48.7 Å². The van der Waals surface area contributed by atoms with Crippen molar-refractivity contribution in [1.82, 2.24) is 14.7 Å². The molecule has 0 saturated heterocycles. The van der Waals surface area contributed by atoms with Gasteiger partial charge in [-0.2, -0.15) is 5.10 Å². The second-order valence-electron chi connectivity index (χ2n) is 5.17. The van der Waals surface area contributed by atoms with Crippen LogP contribution >= 0.6 is 0 Å². The summed E-state index contributed by atoms with van der Waals surface area (Å²) in [6.45, 7) is 10.9. The number of carbonyl (C=O) groups excluding carboxylic acids is 1. The minimum absolute atomic E-state index is 0.000168. The van der Waals surface area contributed by atoms with Crippen LogP contribution in [0.5, 0.6) is 0 Å². The molecule has 2 rings (SSSR count). The predicted octanol–water partition coefficient (Wildman–Crippen LogP) is 3.22. The van der Waals surface area contributed by atoms with E-state index in [1.54, 1.807) is 15.8 Å². The molecule has 1 amide bonds. The van der Waals surface area contributed by atoms with Crippen LogP contribution in [0.2, 0.25) is 0 Å². The molecule has 0 radical (unpaired) electrons. The zero-order chi connectivity index (χ0) is 15.4. The molecule has 0 aliphatic rings. The Morgan fingerprint density at radius 3 is 2.57 bits per heavy atom. The number of nitrogens with zero attached hydrogens (tertiary/aromatic N) is 3. The number of likely N-dealkylation sites (N-methyl/N-ethyl adjacent to an activating group) is 1. The van der Waals surface area contributed by atoms with Gasteiger partial charge in [-0.25, -0.2) is 4.68 Å². The van der Waals surface area contributed by atoms with Gasteiger partial charge in [-0.15, -0.1) is 0 Å². The molecule has 0 spiro atoms. The highest BCUT2D eigenvalue weighted by Crippen LogP contribution is 2.16. The molecule has 0 bridgehead atoms. The highest BCUT2D eigenvalue weighted by molar-refractivity contribution is 5.95. The van der Waals surface area contributed by atoms with Gasteiger partial charge in [-0.05, 0) is 32.9 Å². The molecule has 0 aliphatic carbocycles. The van der Waals surface area contributed by atoms with Crippen molar-refractivity contribution in [2.24, 2.45) is 0 Å². The molecule has 21 heavy (non-hydrogen) atoms. The van der Waals surface area contributed by atoms with Crippen LogP contribution in [0, 0.1) is 6.92 Å². The number of carbonyl (C=O) groups is 1. The number of amides is 1. The monoisotopic (exact) mass is 283 g/mol. The summed E-state index contributed by atoms with van der Waals surface area (Å²) < 4.78 is 1.79. The van der Waals surface area contributed by atoms with Gasteiger partial charge >= 0.3 is 0 Å². The van der Waals surface area contributed by atoms with E-state index in [1.807, 2.05) is 51.1 Å². The molecule has 1 aromatic heterocycles. The van der Waals surface area contributed by atoms with Crippen LogP contribution in [-0.2, 0) is 0 Å². The van der Waals surface area contributed by atoms with Crippen LogP contribution in [0.1, 0.15) is 29.9 Å². The Balaban J connectivity index is 2.31. The Labute approximate surface area is 125 Å². The first-order valence-electron chi connectivity index (χ1n) is 7.08. The van der Waals surface area contributed by atoms with Gasteiger partial charge in [0.2, 0.25) is 0 Å². The molecule has 1 heterocycles. The number of hydrogen-bond donors (Lipinski definition) is 0. The Morgan fingerprint density at radius 1 is 1.33 bits per heavy atom. The highest BCUT2D eigenvalue weighted by Gasteiger charge is 2.20. The Bertz CT molecular complexity index is 643. The lowest BCUT2D eigenvalue weighted by atomic mass is 10.2. The molecular formula is C17H21N3O. The maximum Gasteiger partial charge on any atom is 0.257 e. The molecule has 0 N–H and O–H groups in total. The summed E-state index contributed by atoms with van der Waals surface area (Å²) in [6, 6.07) is 9.81. The molecular weight excluding hydrogens is 262 g/mol. The van der Waals surface area contributed by atoms with Crippen molar-refractivity contribution in [3.05, 3.63) is 59.9 Å². The van der Waals surface area contributed by atoms with Crippen molar-refractivity contribution in [2.45, 2.75) is 20.8 Å². The maximum atomic E-state index is 12.6. The molecule has 0 atom stereocenters. The van der Waals surface area contributed by atoms with E-state index in [9.17, 15) is 4.79 Å². The summed E-state index contributed by atoms with van der Waals surface area (Å²) >= 11 is 0. The maximum absolute atomic E-state index is 12.6. The number of rotatable bonds is 5. The van der Waals surface area contributed by atoms with Gasteiger partial charge in [0.1, 0.15) is 0 Å². The standard InChI is InChI=1S/C17H21N3O/c1-5-19(12-13(2)3)17(21)16-11-18-20(14(16)4)15-9-7-6-8-10-15/h6-11H,2,5,12H2,1,3-4H3. The van der Waals surface area contributed by atoms with Gasteiger partial charge in [0.15, 0.2) is 0 Å². The molecule has 0 saturated carbocycles. The van der Waals surface area contributed by atoms with E-state index < -0.39 is 0 Å². The number of para-hydroxylation sites is 1. The highest BCUT2D eigenvalue weighted by atomic mass is 16.2. The molecule has 4 heteroatoms. The van der Waals surface area contributed by atoms with Crippen LogP contribution < -0.4 is 0 Å². The molecule has 0 fully saturated rings.